The van der Waals surface area contributed by atoms with Crippen LogP contribution in [0.3, 0.4) is 0 Å². The van der Waals surface area contributed by atoms with Crippen LogP contribution < -0.4 is 5.73 Å². The highest BCUT2D eigenvalue weighted by Gasteiger charge is 2.19. The highest BCUT2D eigenvalue weighted by atomic mass is 32.2. The largest absolute Gasteiger partial charge is 0.481 e. The van der Waals surface area contributed by atoms with Crippen LogP contribution in [0.1, 0.15) is 18.2 Å². The maximum absolute atomic E-state index is 10.6. The van der Waals surface area contributed by atoms with Gasteiger partial charge >= 0.3 is 16.1 Å². The lowest BCUT2D eigenvalue weighted by Gasteiger charge is -2.03. The summed E-state index contributed by atoms with van der Waals surface area (Å²) in [6.45, 7) is 0. The molecule has 4 N–H and O–H groups in total. The lowest BCUT2D eigenvalue weighted by atomic mass is 10.2. The molecule has 0 aliphatic carbocycles. The number of nitrogens with two attached hydrogens (primary N) is 1. The van der Waals surface area contributed by atoms with E-state index < -0.39 is 33.6 Å². The molecule has 7 nitrogen and oxygen atoms in total. The molecule has 1 atom stereocenters. The van der Waals surface area contributed by atoms with Crippen molar-refractivity contribution in [3.8, 4) is 0 Å². The van der Waals surface area contributed by atoms with Crippen molar-refractivity contribution >= 4 is 16.1 Å². The summed E-state index contributed by atoms with van der Waals surface area (Å²) in [5.74, 6) is -1.14. The van der Waals surface area contributed by atoms with Crippen LogP contribution in [0.15, 0.2) is 21.6 Å². The van der Waals surface area contributed by atoms with Gasteiger partial charge < -0.3 is 15.3 Å². The van der Waals surface area contributed by atoms with Crippen LogP contribution in [0.4, 0.5) is 0 Å². The molecule has 0 spiro atoms. The zero-order chi connectivity index (χ0) is 11.6. The van der Waals surface area contributed by atoms with Crippen molar-refractivity contribution in [1.82, 2.24) is 0 Å². The maximum atomic E-state index is 10.6. The average molecular weight is 235 g/mol. The predicted octanol–water partition coefficient (Wildman–Crippen LogP) is 0.000800. The minimum absolute atomic E-state index is 0.00924. The Bertz CT molecular complexity index is 462. The van der Waals surface area contributed by atoms with Crippen molar-refractivity contribution < 1.29 is 27.3 Å². The first-order chi connectivity index (χ1) is 6.80. The first-order valence-corrected chi connectivity index (χ1v) is 5.29. The summed E-state index contributed by atoms with van der Waals surface area (Å²) in [4.78, 5) is 10.3. The topological polar surface area (TPSA) is 131 Å². The van der Waals surface area contributed by atoms with Gasteiger partial charge in [-0.15, -0.1) is 0 Å². The molecule has 0 aliphatic heterocycles. The van der Waals surface area contributed by atoms with Crippen LogP contribution >= 0.6 is 0 Å². The summed E-state index contributed by atoms with van der Waals surface area (Å²) in [6, 6.07) is 1.27. The molecular weight excluding hydrogens is 226 g/mol. The third-order valence-electron chi connectivity index (χ3n) is 1.62. The predicted molar refractivity (Wildman–Crippen MR) is 47.7 cm³/mol. The summed E-state index contributed by atoms with van der Waals surface area (Å²) in [5, 5.41) is 7.77. The molecule has 0 aliphatic rings. The van der Waals surface area contributed by atoms with Crippen molar-refractivity contribution in [2.75, 3.05) is 0 Å². The molecule has 15 heavy (non-hydrogen) atoms. The number of carboxylic acids is 1. The van der Waals surface area contributed by atoms with E-state index in [1.165, 1.54) is 6.07 Å². The molecule has 0 amide bonds. The van der Waals surface area contributed by atoms with E-state index in [-0.39, 0.29) is 5.76 Å². The number of aliphatic carboxylic acids is 1. The third-order valence-corrected chi connectivity index (χ3v) is 2.34. The van der Waals surface area contributed by atoms with Gasteiger partial charge in [0, 0.05) is 0 Å². The minimum Gasteiger partial charge on any atom is -0.481 e. The lowest BCUT2D eigenvalue weighted by molar-refractivity contribution is -0.137. The van der Waals surface area contributed by atoms with Gasteiger partial charge in [0.2, 0.25) is 5.09 Å². The molecule has 0 radical (unpaired) electrons. The van der Waals surface area contributed by atoms with Gasteiger partial charge in [-0.1, -0.05) is 0 Å². The Kier molecular flexibility index (Phi) is 3.12. The van der Waals surface area contributed by atoms with Gasteiger partial charge in [-0.25, -0.2) is 0 Å². The van der Waals surface area contributed by atoms with Crippen molar-refractivity contribution in [2.45, 2.75) is 17.6 Å². The van der Waals surface area contributed by atoms with Crippen LogP contribution in [0.2, 0.25) is 0 Å². The van der Waals surface area contributed by atoms with Gasteiger partial charge in [0.1, 0.15) is 5.76 Å². The van der Waals surface area contributed by atoms with Crippen LogP contribution in [0.5, 0.6) is 0 Å². The zero-order valence-corrected chi connectivity index (χ0v) is 8.27. The second-order valence-corrected chi connectivity index (χ2v) is 4.19. The van der Waals surface area contributed by atoms with Gasteiger partial charge in [-0.2, -0.15) is 8.42 Å². The monoisotopic (exact) mass is 235 g/mol. The first-order valence-electron chi connectivity index (χ1n) is 3.85. The molecule has 1 aromatic heterocycles. The van der Waals surface area contributed by atoms with Crippen LogP contribution in [0.25, 0.3) is 0 Å². The Balaban J connectivity index is 2.90. The number of furan rings is 1. The summed E-state index contributed by atoms with van der Waals surface area (Å²) in [7, 11) is -4.41. The molecular formula is C7H9NO6S. The number of carboxylic acid groups (broad SMARTS) is 1. The highest BCUT2D eigenvalue weighted by molar-refractivity contribution is 7.85. The fraction of sp³-hybridized carbons (Fsp3) is 0.286. The van der Waals surface area contributed by atoms with Gasteiger partial charge in [0.25, 0.3) is 0 Å². The molecule has 0 bridgehead atoms. The van der Waals surface area contributed by atoms with E-state index >= 15 is 0 Å². The molecule has 1 heterocycles. The molecule has 1 rings (SSSR count). The van der Waals surface area contributed by atoms with Crippen molar-refractivity contribution in [1.29, 1.82) is 0 Å². The molecule has 0 aromatic carbocycles. The average Bonchev–Trinajstić information content (AvgIpc) is 2.48. The summed E-state index contributed by atoms with van der Waals surface area (Å²) in [6.07, 6.45) is -0.390. The Morgan fingerprint density at radius 2 is 2.13 bits per heavy atom. The van der Waals surface area contributed by atoms with Crippen molar-refractivity contribution in [3.05, 3.63) is 17.9 Å². The summed E-state index contributed by atoms with van der Waals surface area (Å²) < 4.78 is 34.5. The quantitative estimate of drug-likeness (QED) is 0.626. The molecule has 0 fully saturated rings. The van der Waals surface area contributed by atoms with E-state index in [4.69, 9.17) is 15.4 Å². The first kappa shape index (κ1) is 11.7. The molecule has 1 unspecified atom stereocenters. The molecule has 0 saturated heterocycles. The lowest BCUT2D eigenvalue weighted by Crippen LogP contribution is -2.14. The number of hydrogen-bond donors (Lipinski definition) is 3. The van der Waals surface area contributed by atoms with Gasteiger partial charge in [0.05, 0.1) is 12.5 Å². The van der Waals surface area contributed by atoms with Crippen molar-refractivity contribution in [3.63, 3.8) is 0 Å². The Morgan fingerprint density at radius 1 is 1.53 bits per heavy atom. The maximum Gasteiger partial charge on any atom is 0.328 e. The third kappa shape index (κ3) is 3.05. The van der Waals surface area contributed by atoms with E-state index in [0.717, 1.165) is 6.07 Å². The summed E-state index contributed by atoms with van der Waals surface area (Å²) >= 11 is 0. The van der Waals surface area contributed by atoms with E-state index in [9.17, 15) is 13.2 Å². The van der Waals surface area contributed by atoms with Gasteiger partial charge in [-0.05, 0) is 12.1 Å². The van der Waals surface area contributed by atoms with Gasteiger partial charge in [0.15, 0.2) is 0 Å². The SMILES string of the molecule is NC(CC(=O)O)c1ccc(S(=O)(=O)O)o1. The smallest absolute Gasteiger partial charge is 0.328 e. The normalized spacial score (nSPS) is 13.7. The van der Waals surface area contributed by atoms with E-state index in [0.29, 0.717) is 0 Å². The van der Waals surface area contributed by atoms with Crippen LogP contribution in [-0.4, -0.2) is 24.0 Å². The second-order valence-electron chi connectivity index (χ2n) is 2.84. The fourth-order valence-electron chi connectivity index (χ4n) is 0.961. The zero-order valence-electron chi connectivity index (χ0n) is 7.45. The van der Waals surface area contributed by atoms with E-state index in [2.05, 4.69) is 4.42 Å². The number of hydrogen-bond acceptors (Lipinski definition) is 5. The van der Waals surface area contributed by atoms with Gasteiger partial charge in [-0.3, -0.25) is 9.35 Å². The van der Waals surface area contributed by atoms with E-state index in [1.807, 2.05) is 0 Å². The Morgan fingerprint density at radius 3 is 2.53 bits per heavy atom. The second kappa shape index (κ2) is 4.01. The number of carbonyl (C=O) groups is 1. The summed E-state index contributed by atoms with van der Waals surface area (Å²) in [5.41, 5.74) is 5.40. The molecule has 0 saturated carbocycles. The van der Waals surface area contributed by atoms with Crippen LogP contribution in [-0.2, 0) is 14.9 Å². The minimum atomic E-state index is -4.41. The van der Waals surface area contributed by atoms with E-state index in [1.54, 1.807) is 0 Å². The van der Waals surface area contributed by atoms with Crippen molar-refractivity contribution in [2.24, 2.45) is 5.73 Å². The molecule has 1 aromatic rings. The highest BCUT2D eigenvalue weighted by Crippen LogP contribution is 2.20. The standard InChI is InChI=1S/C7H9NO6S/c8-4(3-6(9)10)5-1-2-7(14-5)15(11,12)13/h1-2,4H,3,8H2,(H,9,10)(H,11,12,13). The fourth-order valence-corrected chi connectivity index (χ4v) is 1.40. The Hall–Kier alpha value is -1.38. The number of rotatable bonds is 4. The van der Waals surface area contributed by atoms with Crippen LogP contribution in [0, 0.1) is 0 Å². The molecule has 8 heteroatoms. The Labute approximate surface area is 85.2 Å². The molecule has 84 valence electrons.